The molecule has 0 N–H and O–H groups in total. The highest BCUT2D eigenvalue weighted by Gasteiger charge is 2.46. The Balaban J connectivity index is 0.000000300. The summed E-state index contributed by atoms with van der Waals surface area (Å²) in [6.07, 6.45) is 4.07. The van der Waals surface area contributed by atoms with Crippen LogP contribution in [-0.2, 0) is 19.1 Å². The molecule has 0 spiro atoms. The number of carbonyl (C=O) groups is 2. The van der Waals surface area contributed by atoms with Crippen molar-refractivity contribution < 1.29 is 19.1 Å². The monoisotopic (exact) mass is 458 g/mol. The highest BCUT2D eigenvalue weighted by molar-refractivity contribution is 8.00. The minimum absolute atomic E-state index is 0.0273. The van der Waals surface area contributed by atoms with E-state index in [1.54, 1.807) is 51.2 Å². The molecule has 0 bridgehead atoms. The molecule has 2 aliphatic heterocycles. The van der Waals surface area contributed by atoms with Crippen molar-refractivity contribution in [1.82, 2.24) is 0 Å². The molecular weight excluding hydrogens is 420 g/mol. The van der Waals surface area contributed by atoms with Gasteiger partial charge in [-0.2, -0.15) is 11.8 Å². The summed E-state index contributed by atoms with van der Waals surface area (Å²) in [5.74, 6) is 1.15. The van der Waals surface area contributed by atoms with Crippen LogP contribution in [0.1, 0.15) is 69.2 Å². The second-order valence-electron chi connectivity index (χ2n) is 9.76. The lowest BCUT2D eigenvalue weighted by Gasteiger charge is -2.30. The predicted molar refractivity (Wildman–Crippen MR) is 129 cm³/mol. The third-order valence-corrected chi connectivity index (χ3v) is 8.95. The van der Waals surface area contributed by atoms with E-state index in [-0.39, 0.29) is 27.4 Å². The Bertz CT molecular complexity index is 741. The number of thioether (sulfide) groups is 2. The van der Waals surface area contributed by atoms with Crippen molar-refractivity contribution in [3.63, 3.8) is 0 Å². The van der Waals surface area contributed by atoms with E-state index >= 15 is 0 Å². The van der Waals surface area contributed by atoms with Gasteiger partial charge in [0.15, 0.2) is 17.0 Å². The second-order valence-corrected chi connectivity index (χ2v) is 12.5. The smallest absolute Gasteiger partial charge is 0.340 e. The Morgan fingerprint density at radius 2 is 1.30 bits per heavy atom. The predicted octanol–water partition coefficient (Wildman–Crippen LogP) is 5.00. The Labute approximate surface area is 190 Å². The fraction of sp³-hybridized carbons (Fsp3) is 0.818. The zero-order chi connectivity index (χ0) is 23.7. The summed E-state index contributed by atoms with van der Waals surface area (Å²) >= 11 is 3.42. The lowest BCUT2D eigenvalue weighted by atomic mass is 9.96. The van der Waals surface area contributed by atoms with Crippen LogP contribution in [0.3, 0.4) is 0 Å². The molecule has 2 atom stereocenters. The van der Waals surface area contributed by atoms with Crippen LogP contribution < -0.4 is 0 Å². The van der Waals surface area contributed by atoms with Gasteiger partial charge in [-0.15, -0.1) is 11.8 Å². The number of cyclic esters (lactones) is 2. The summed E-state index contributed by atoms with van der Waals surface area (Å²) < 4.78 is 10.3. The molecule has 0 aromatic heterocycles. The van der Waals surface area contributed by atoms with E-state index in [9.17, 15) is 9.59 Å². The first-order valence-electron chi connectivity index (χ1n) is 10.2. The van der Waals surface area contributed by atoms with Gasteiger partial charge in [-0.1, -0.05) is 20.8 Å². The molecule has 2 unspecified atom stereocenters. The summed E-state index contributed by atoms with van der Waals surface area (Å²) in [7, 11) is 0. The standard InChI is InChI=1S/2C11H19NO2S/c1-7(11(4,5)15-6)8-12-10(2,3)9(13)14-8;1-7(2)11(5,15-6)8-12-10(3,4)9(13)14-8/h2*7H,1-6H3. The van der Waals surface area contributed by atoms with Crippen molar-refractivity contribution in [2.45, 2.75) is 89.8 Å². The molecule has 8 heteroatoms. The van der Waals surface area contributed by atoms with Gasteiger partial charge in [-0.05, 0) is 66.9 Å². The van der Waals surface area contributed by atoms with E-state index in [0.29, 0.717) is 17.7 Å². The third kappa shape index (κ3) is 5.61. The number of rotatable bonds is 6. The Morgan fingerprint density at radius 3 is 1.60 bits per heavy atom. The average molecular weight is 459 g/mol. The van der Waals surface area contributed by atoms with Gasteiger partial charge in [0.1, 0.15) is 0 Å². The molecule has 0 fully saturated rings. The molecule has 0 aliphatic carbocycles. The molecule has 0 saturated heterocycles. The highest BCUT2D eigenvalue weighted by atomic mass is 32.2. The minimum atomic E-state index is -0.721. The Morgan fingerprint density at radius 1 is 0.833 bits per heavy atom. The van der Waals surface area contributed by atoms with Crippen LogP contribution in [0.4, 0.5) is 0 Å². The van der Waals surface area contributed by atoms with Crippen molar-refractivity contribution in [3.05, 3.63) is 0 Å². The van der Waals surface area contributed by atoms with E-state index in [1.807, 2.05) is 13.2 Å². The van der Waals surface area contributed by atoms with Crippen molar-refractivity contribution >= 4 is 47.3 Å². The van der Waals surface area contributed by atoms with Crippen LogP contribution in [0, 0.1) is 11.8 Å². The lowest BCUT2D eigenvalue weighted by Crippen LogP contribution is -2.37. The van der Waals surface area contributed by atoms with Gasteiger partial charge >= 0.3 is 11.9 Å². The zero-order valence-electron chi connectivity index (χ0n) is 20.5. The van der Waals surface area contributed by atoms with E-state index in [1.165, 1.54) is 0 Å². The number of hydrogen-bond acceptors (Lipinski definition) is 8. The average Bonchev–Trinajstić information content (AvgIpc) is 3.08. The fourth-order valence-electron chi connectivity index (χ4n) is 2.54. The molecular formula is C22H38N2O4S2. The van der Waals surface area contributed by atoms with Gasteiger partial charge in [0.25, 0.3) is 0 Å². The van der Waals surface area contributed by atoms with Crippen LogP contribution in [0.5, 0.6) is 0 Å². The molecule has 0 aromatic carbocycles. The van der Waals surface area contributed by atoms with E-state index < -0.39 is 11.1 Å². The van der Waals surface area contributed by atoms with Gasteiger partial charge in [0, 0.05) is 10.7 Å². The largest absolute Gasteiger partial charge is 0.410 e. The SMILES string of the molecule is CSC(C)(C)C(C)C1=NC(C)(C)C(=O)O1.CSC(C)(C1=NC(C)(C)C(=O)O1)C(C)C. The Hall–Kier alpha value is -1.02. The van der Waals surface area contributed by atoms with E-state index in [4.69, 9.17) is 9.47 Å². The number of hydrogen-bond donors (Lipinski definition) is 0. The molecule has 6 nitrogen and oxygen atoms in total. The van der Waals surface area contributed by atoms with Crippen LogP contribution in [0.2, 0.25) is 0 Å². The topological polar surface area (TPSA) is 77.3 Å². The normalized spacial score (nSPS) is 23.0. The van der Waals surface area contributed by atoms with Crippen LogP contribution in [0.25, 0.3) is 0 Å². The summed E-state index contributed by atoms with van der Waals surface area (Å²) in [6, 6.07) is 0. The maximum Gasteiger partial charge on any atom is 0.340 e. The van der Waals surface area contributed by atoms with Gasteiger partial charge < -0.3 is 9.47 Å². The van der Waals surface area contributed by atoms with Gasteiger partial charge in [0.2, 0.25) is 5.90 Å². The quantitative estimate of drug-likeness (QED) is 0.522. The first-order chi connectivity index (χ1) is 13.4. The highest BCUT2D eigenvalue weighted by Crippen LogP contribution is 2.37. The molecule has 0 saturated carbocycles. The maximum atomic E-state index is 11.5. The van der Waals surface area contributed by atoms with Gasteiger partial charge in [-0.25, -0.2) is 19.6 Å². The number of aliphatic imine (C=N–C) groups is 2. The number of esters is 2. The summed E-state index contributed by atoms with van der Waals surface area (Å²) in [5.41, 5.74) is -1.43. The van der Waals surface area contributed by atoms with Crippen molar-refractivity contribution in [1.29, 1.82) is 0 Å². The van der Waals surface area contributed by atoms with Crippen molar-refractivity contribution in [2.24, 2.45) is 21.8 Å². The molecule has 172 valence electrons. The van der Waals surface area contributed by atoms with Crippen LogP contribution in [-0.4, -0.2) is 56.8 Å². The molecule has 2 aliphatic rings. The lowest BCUT2D eigenvalue weighted by molar-refractivity contribution is -0.138. The molecule has 30 heavy (non-hydrogen) atoms. The van der Waals surface area contributed by atoms with Crippen molar-refractivity contribution in [2.75, 3.05) is 12.5 Å². The maximum absolute atomic E-state index is 11.5. The van der Waals surface area contributed by atoms with E-state index in [2.05, 4.69) is 50.9 Å². The minimum Gasteiger partial charge on any atom is -0.410 e. The Kier molecular flexibility index (Phi) is 8.31. The first kappa shape index (κ1) is 27.0. The summed E-state index contributed by atoms with van der Waals surface area (Å²) in [5, 5.41) is 0. The molecule has 0 aromatic rings. The first-order valence-corrected chi connectivity index (χ1v) is 12.6. The van der Waals surface area contributed by atoms with Gasteiger partial charge in [-0.3, -0.25) is 0 Å². The number of nitrogens with zero attached hydrogens (tertiary/aromatic N) is 2. The molecule has 2 heterocycles. The van der Waals surface area contributed by atoms with Gasteiger partial charge in [0.05, 0.1) is 4.75 Å². The number of carbonyl (C=O) groups excluding carboxylic acids is 2. The number of ether oxygens (including phenoxy) is 2. The van der Waals surface area contributed by atoms with Crippen LogP contribution >= 0.6 is 23.5 Å². The fourth-order valence-corrected chi connectivity index (χ4v) is 3.73. The second kappa shape index (κ2) is 9.23. The zero-order valence-corrected chi connectivity index (χ0v) is 22.1. The van der Waals surface area contributed by atoms with Crippen LogP contribution in [0.15, 0.2) is 9.98 Å². The third-order valence-electron chi connectivity index (χ3n) is 6.05. The summed E-state index contributed by atoms with van der Waals surface area (Å²) in [4.78, 5) is 31.8. The van der Waals surface area contributed by atoms with E-state index in [0.717, 1.165) is 0 Å². The van der Waals surface area contributed by atoms with Crippen molar-refractivity contribution in [3.8, 4) is 0 Å². The summed E-state index contributed by atoms with van der Waals surface area (Å²) in [6.45, 7) is 19.7. The molecule has 0 amide bonds. The molecule has 2 rings (SSSR count). The molecule has 0 radical (unpaired) electrons.